The molecule has 1 fully saturated rings. The minimum atomic E-state index is -0.157. The lowest BCUT2D eigenvalue weighted by molar-refractivity contribution is -0.115. The van der Waals surface area contributed by atoms with Crippen molar-refractivity contribution in [3.05, 3.63) is 0 Å². The maximum atomic E-state index is 11.1. The van der Waals surface area contributed by atoms with Crippen LogP contribution in [-0.4, -0.2) is 36.5 Å². The van der Waals surface area contributed by atoms with Crippen molar-refractivity contribution in [2.24, 2.45) is 0 Å². The molecule has 1 unspecified atom stereocenters. The first-order valence-corrected chi connectivity index (χ1v) is 5.22. The lowest BCUT2D eigenvalue weighted by Gasteiger charge is -2.22. The van der Waals surface area contributed by atoms with Crippen LogP contribution in [0.25, 0.3) is 0 Å². The zero-order valence-corrected chi connectivity index (χ0v) is 8.97. The number of hydrogen-bond acceptors (Lipinski definition) is 2. The molecule has 1 N–H and O–H groups in total. The second kappa shape index (κ2) is 5.66. The average molecular weight is 194 g/mol. The number of likely N-dealkylation sites (tertiary alicyclic amines) is 1. The third-order valence-corrected chi connectivity index (χ3v) is 2.64. The Kier molecular flexibility index (Phi) is 4.48. The summed E-state index contributed by atoms with van der Waals surface area (Å²) in [7, 11) is 0. The van der Waals surface area contributed by atoms with Crippen molar-refractivity contribution >= 4 is 5.91 Å². The first-order chi connectivity index (χ1) is 6.77. The minimum Gasteiger partial charge on any atom is -0.344 e. The van der Waals surface area contributed by atoms with E-state index in [0.29, 0.717) is 6.04 Å². The van der Waals surface area contributed by atoms with Gasteiger partial charge in [-0.3, -0.25) is 9.69 Å². The van der Waals surface area contributed by atoms with Crippen LogP contribution in [0, 0.1) is 11.8 Å². The van der Waals surface area contributed by atoms with Crippen molar-refractivity contribution in [2.45, 2.75) is 32.7 Å². The van der Waals surface area contributed by atoms with E-state index < -0.39 is 0 Å². The summed E-state index contributed by atoms with van der Waals surface area (Å²) in [5.41, 5.74) is 0. The lowest BCUT2D eigenvalue weighted by atomic mass is 10.2. The standard InChI is InChI=1S/C11H18N2O/c1-3-6-11(14)12-9-10-7-5-8-13(10)4-2/h10H,4-5,7-9H2,1-2H3,(H,12,14). The number of rotatable bonds is 3. The van der Waals surface area contributed by atoms with Crippen LogP contribution in [0.15, 0.2) is 0 Å². The second-order valence-electron chi connectivity index (χ2n) is 3.51. The maximum absolute atomic E-state index is 11.1. The molecule has 0 saturated carbocycles. The van der Waals surface area contributed by atoms with E-state index in [1.54, 1.807) is 6.92 Å². The Labute approximate surface area is 85.9 Å². The number of nitrogens with zero attached hydrogens (tertiary/aromatic N) is 1. The Morgan fingerprint density at radius 1 is 1.64 bits per heavy atom. The Balaban J connectivity index is 2.29. The van der Waals surface area contributed by atoms with E-state index in [1.807, 2.05) is 0 Å². The molecule has 78 valence electrons. The number of amides is 1. The van der Waals surface area contributed by atoms with Gasteiger partial charge in [0.05, 0.1) is 0 Å². The third kappa shape index (κ3) is 3.04. The zero-order valence-electron chi connectivity index (χ0n) is 8.97. The van der Waals surface area contributed by atoms with Gasteiger partial charge in [-0.2, -0.15) is 0 Å². The Hall–Kier alpha value is -1.01. The molecule has 1 aliphatic rings. The molecule has 0 aromatic carbocycles. The first kappa shape index (κ1) is 11.1. The van der Waals surface area contributed by atoms with Crippen LogP contribution >= 0.6 is 0 Å². The van der Waals surface area contributed by atoms with Crippen LogP contribution in [0.3, 0.4) is 0 Å². The summed E-state index contributed by atoms with van der Waals surface area (Å²) in [4.78, 5) is 13.5. The molecule has 1 aliphatic heterocycles. The van der Waals surface area contributed by atoms with Crippen molar-refractivity contribution in [3.8, 4) is 11.8 Å². The van der Waals surface area contributed by atoms with Gasteiger partial charge in [0.1, 0.15) is 0 Å². The highest BCUT2D eigenvalue weighted by Crippen LogP contribution is 2.15. The smallest absolute Gasteiger partial charge is 0.295 e. The number of likely N-dealkylation sites (N-methyl/N-ethyl adjacent to an activating group) is 1. The lowest BCUT2D eigenvalue weighted by Crippen LogP contribution is -2.39. The Morgan fingerprint density at radius 3 is 3.07 bits per heavy atom. The van der Waals surface area contributed by atoms with Gasteiger partial charge in [-0.05, 0) is 38.8 Å². The number of carbonyl (C=O) groups is 1. The van der Waals surface area contributed by atoms with Gasteiger partial charge >= 0.3 is 0 Å². The molecular formula is C11H18N2O. The summed E-state index contributed by atoms with van der Waals surface area (Å²) in [6.45, 7) is 6.80. The topological polar surface area (TPSA) is 32.3 Å². The number of carbonyl (C=O) groups excluding carboxylic acids is 1. The van der Waals surface area contributed by atoms with Gasteiger partial charge < -0.3 is 5.32 Å². The van der Waals surface area contributed by atoms with Gasteiger partial charge in [0.15, 0.2) is 0 Å². The summed E-state index contributed by atoms with van der Waals surface area (Å²) in [5, 5.41) is 2.84. The summed E-state index contributed by atoms with van der Waals surface area (Å²) < 4.78 is 0. The molecular weight excluding hydrogens is 176 g/mol. The van der Waals surface area contributed by atoms with E-state index >= 15 is 0 Å². The SMILES string of the molecule is CC#CC(=O)NCC1CCCN1CC. The molecule has 0 spiro atoms. The zero-order chi connectivity index (χ0) is 10.4. The maximum Gasteiger partial charge on any atom is 0.295 e. The van der Waals surface area contributed by atoms with Crippen LogP contribution in [0.1, 0.15) is 26.7 Å². The highest BCUT2D eigenvalue weighted by Gasteiger charge is 2.22. The van der Waals surface area contributed by atoms with Crippen molar-refractivity contribution in [1.29, 1.82) is 0 Å². The Morgan fingerprint density at radius 2 is 2.43 bits per heavy atom. The largest absolute Gasteiger partial charge is 0.344 e. The summed E-state index contributed by atoms with van der Waals surface area (Å²) in [6.07, 6.45) is 2.43. The molecule has 14 heavy (non-hydrogen) atoms. The summed E-state index contributed by atoms with van der Waals surface area (Å²) in [6, 6.07) is 0.516. The third-order valence-electron chi connectivity index (χ3n) is 2.64. The van der Waals surface area contributed by atoms with Crippen LogP contribution < -0.4 is 5.32 Å². The molecule has 0 bridgehead atoms. The molecule has 1 heterocycles. The normalized spacial score (nSPS) is 21.4. The molecule has 0 radical (unpaired) electrons. The van der Waals surface area contributed by atoms with E-state index in [9.17, 15) is 4.79 Å². The fraction of sp³-hybridized carbons (Fsp3) is 0.727. The van der Waals surface area contributed by atoms with E-state index in [0.717, 1.165) is 19.6 Å². The van der Waals surface area contributed by atoms with E-state index in [2.05, 4.69) is 29.0 Å². The highest BCUT2D eigenvalue weighted by atomic mass is 16.1. The molecule has 0 aliphatic carbocycles. The fourth-order valence-corrected chi connectivity index (χ4v) is 1.91. The van der Waals surface area contributed by atoms with Crippen LogP contribution in [0.4, 0.5) is 0 Å². The van der Waals surface area contributed by atoms with E-state index in [1.165, 1.54) is 12.8 Å². The Bertz CT molecular complexity index is 252. The van der Waals surface area contributed by atoms with Crippen LogP contribution in [-0.2, 0) is 4.79 Å². The van der Waals surface area contributed by atoms with Gasteiger partial charge in [-0.15, -0.1) is 0 Å². The molecule has 3 heteroatoms. The van der Waals surface area contributed by atoms with E-state index in [4.69, 9.17) is 0 Å². The van der Waals surface area contributed by atoms with Crippen molar-refractivity contribution in [1.82, 2.24) is 10.2 Å². The van der Waals surface area contributed by atoms with Crippen molar-refractivity contribution in [2.75, 3.05) is 19.6 Å². The van der Waals surface area contributed by atoms with Gasteiger partial charge in [0.25, 0.3) is 5.91 Å². The predicted molar refractivity (Wildman–Crippen MR) is 56.7 cm³/mol. The van der Waals surface area contributed by atoms with Gasteiger partial charge in [-0.25, -0.2) is 0 Å². The fourth-order valence-electron chi connectivity index (χ4n) is 1.91. The first-order valence-electron chi connectivity index (χ1n) is 5.22. The molecule has 1 saturated heterocycles. The quantitative estimate of drug-likeness (QED) is 0.668. The number of hydrogen-bond donors (Lipinski definition) is 1. The summed E-state index contributed by atoms with van der Waals surface area (Å²) >= 11 is 0. The molecule has 0 aromatic heterocycles. The highest BCUT2D eigenvalue weighted by molar-refractivity contribution is 5.93. The molecule has 1 atom stereocenters. The second-order valence-corrected chi connectivity index (χ2v) is 3.51. The van der Waals surface area contributed by atoms with Crippen LogP contribution in [0.5, 0.6) is 0 Å². The number of nitrogens with one attached hydrogen (secondary N) is 1. The summed E-state index contributed by atoms with van der Waals surface area (Å²) in [5.74, 6) is 4.92. The monoisotopic (exact) mass is 194 g/mol. The van der Waals surface area contributed by atoms with Gasteiger partial charge in [0.2, 0.25) is 0 Å². The molecule has 3 nitrogen and oxygen atoms in total. The van der Waals surface area contributed by atoms with Crippen molar-refractivity contribution < 1.29 is 4.79 Å². The predicted octanol–water partition coefficient (Wildman–Crippen LogP) is 0.610. The molecule has 0 aromatic rings. The van der Waals surface area contributed by atoms with Gasteiger partial charge in [-0.1, -0.05) is 12.8 Å². The minimum absolute atomic E-state index is 0.157. The van der Waals surface area contributed by atoms with Crippen LogP contribution in [0.2, 0.25) is 0 Å². The average Bonchev–Trinajstić information content (AvgIpc) is 2.62. The van der Waals surface area contributed by atoms with Crippen molar-refractivity contribution in [3.63, 3.8) is 0 Å². The molecule has 1 amide bonds. The molecule has 1 rings (SSSR count). The van der Waals surface area contributed by atoms with Gasteiger partial charge in [0, 0.05) is 12.6 Å². The van der Waals surface area contributed by atoms with E-state index in [-0.39, 0.29) is 5.91 Å².